The Hall–Kier alpha value is -2.35. The van der Waals surface area contributed by atoms with Crippen molar-refractivity contribution in [2.75, 3.05) is 0 Å². The van der Waals surface area contributed by atoms with E-state index in [-0.39, 0.29) is 5.97 Å². The SMILES string of the molecule is C=C(C)C(=O)Oc1c(C)cc(-c2c(C)cc(C)cc2C)cc1C. The maximum absolute atomic E-state index is 11.8. The molecule has 2 aromatic rings. The van der Waals surface area contributed by atoms with Gasteiger partial charge >= 0.3 is 5.97 Å². The fourth-order valence-electron chi connectivity index (χ4n) is 3.07. The molecule has 0 aliphatic heterocycles. The third-order valence-corrected chi connectivity index (χ3v) is 3.97. The second kappa shape index (κ2) is 6.41. The largest absolute Gasteiger partial charge is 0.423 e. The summed E-state index contributed by atoms with van der Waals surface area (Å²) in [5.41, 5.74) is 8.50. The van der Waals surface area contributed by atoms with E-state index in [1.807, 2.05) is 13.8 Å². The van der Waals surface area contributed by atoms with Crippen LogP contribution in [0, 0.1) is 34.6 Å². The molecule has 0 unspecified atom stereocenters. The summed E-state index contributed by atoms with van der Waals surface area (Å²) in [4.78, 5) is 11.8. The fourth-order valence-corrected chi connectivity index (χ4v) is 3.07. The first-order chi connectivity index (χ1) is 10.7. The van der Waals surface area contributed by atoms with Crippen molar-refractivity contribution in [3.8, 4) is 16.9 Å². The number of hydrogen-bond donors (Lipinski definition) is 0. The van der Waals surface area contributed by atoms with Crippen LogP contribution < -0.4 is 4.74 Å². The van der Waals surface area contributed by atoms with Crippen LogP contribution in [0.2, 0.25) is 0 Å². The van der Waals surface area contributed by atoms with E-state index < -0.39 is 0 Å². The molecule has 2 aromatic carbocycles. The molecule has 0 atom stereocenters. The lowest BCUT2D eigenvalue weighted by Crippen LogP contribution is -2.10. The van der Waals surface area contributed by atoms with Crippen molar-refractivity contribution in [1.82, 2.24) is 0 Å². The smallest absolute Gasteiger partial charge is 0.338 e. The Balaban J connectivity index is 2.53. The molecule has 2 heteroatoms. The Morgan fingerprint density at radius 1 is 0.870 bits per heavy atom. The number of carbonyl (C=O) groups excluding carboxylic acids is 1. The minimum absolute atomic E-state index is 0.383. The minimum Gasteiger partial charge on any atom is -0.423 e. The topological polar surface area (TPSA) is 26.3 Å². The van der Waals surface area contributed by atoms with Gasteiger partial charge in [-0.2, -0.15) is 0 Å². The molecule has 0 saturated carbocycles. The van der Waals surface area contributed by atoms with Crippen molar-refractivity contribution in [3.63, 3.8) is 0 Å². The molecule has 2 rings (SSSR count). The Labute approximate surface area is 138 Å². The van der Waals surface area contributed by atoms with E-state index in [2.05, 4.69) is 51.6 Å². The number of ether oxygens (including phenoxy) is 1. The summed E-state index contributed by atoms with van der Waals surface area (Å²) in [7, 11) is 0. The molecule has 0 aromatic heterocycles. The van der Waals surface area contributed by atoms with E-state index in [0.717, 1.165) is 16.7 Å². The van der Waals surface area contributed by atoms with Gasteiger partial charge in [0.15, 0.2) is 0 Å². The van der Waals surface area contributed by atoms with Crippen LogP contribution >= 0.6 is 0 Å². The summed E-state index contributed by atoms with van der Waals surface area (Å²) in [6.07, 6.45) is 0. The fraction of sp³-hybridized carbons (Fsp3) is 0.286. The summed E-state index contributed by atoms with van der Waals surface area (Å²) < 4.78 is 5.47. The van der Waals surface area contributed by atoms with Gasteiger partial charge in [0, 0.05) is 5.57 Å². The molecule has 0 aliphatic carbocycles. The minimum atomic E-state index is -0.383. The van der Waals surface area contributed by atoms with E-state index in [9.17, 15) is 4.79 Å². The molecule has 0 heterocycles. The van der Waals surface area contributed by atoms with E-state index in [1.165, 1.54) is 22.3 Å². The van der Waals surface area contributed by atoms with Crippen molar-refractivity contribution in [2.45, 2.75) is 41.5 Å². The Morgan fingerprint density at radius 3 is 1.78 bits per heavy atom. The normalized spacial score (nSPS) is 10.5. The van der Waals surface area contributed by atoms with E-state index >= 15 is 0 Å². The van der Waals surface area contributed by atoms with Crippen molar-refractivity contribution in [2.24, 2.45) is 0 Å². The molecule has 0 radical (unpaired) electrons. The van der Waals surface area contributed by atoms with Crippen LogP contribution in [-0.2, 0) is 4.79 Å². The van der Waals surface area contributed by atoms with Crippen LogP contribution in [-0.4, -0.2) is 5.97 Å². The van der Waals surface area contributed by atoms with Gasteiger partial charge in [0.1, 0.15) is 5.75 Å². The average Bonchev–Trinajstić information content (AvgIpc) is 2.41. The zero-order valence-electron chi connectivity index (χ0n) is 14.8. The standard InChI is InChI=1S/C21H24O2/c1-12(2)21(22)23-20-16(6)10-18(11-17(20)7)19-14(4)8-13(3)9-15(19)5/h8-11H,1H2,2-7H3. The number of benzene rings is 2. The second-order valence-corrected chi connectivity index (χ2v) is 6.38. The van der Waals surface area contributed by atoms with Gasteiger partial charge < -0.3 is 4.74 Å². The zero-order chi connectivity index (χ0) is 17.3. The van der Waals surface area contributed by atoms with Gasteiger partial charge in [0.25, 0.3) is 0 Å². The van der Waals surface area contributed by atoms with Crippen LogP contribution in [0.4, 0.5) is 0 Å². The Kier molecular flexibility index (Phi) is 4.74. The number of esters is 1. The molecule has 0 amide bonds. The van der Waals surface area contributed by atoms with E-state index in [1.54, 1.807) is 6.92 Å². The van der Waals surface area contributed by atoms with Gasteiger partial charge in [-0.25, -0.2) is 4.79 Å². The molecule has 0 fully saturated rings. The predicted molar refractivity (Wildman–Crippen MR) is 96.0 cm³/mol. The molecule has 0 spiro atoms. The van der Waals surface area contributed by atoms with Crippen LogP contribution in [0.3, 0.4) is 0 Å². The Bertz CT molecular complexity index is 751. The molecule has 120 valence electrons. The second-order valence-electron chi connectivity index (χ2n) is 6.38. The van der Waals surface area contributed by atoms with Gasteiger partial charge in [0.2, 0.25) is 0 Å². The molecular weight excluding hydrogens is 284 g/mol. The Morgan fingerprint density at radius 2 is 1.35 bits per heavy atom. The molecule has 23 heavy (non-hydrogen) atoms. The van der Waals surface area contributed by atoms with Gasteiger partial charge in [-0.05, 0) is 87.1 Å². The number of aryl methyl sites for hydroxylation is 5. The van der Waals surface area contributed by atoms with Crippen LogP contribution in [0.1, 0.15) is 34.7 Å². The summed E-state index contributed by atoms with van der Waals surface area (Å²) in [5.74, 6) is 0.246. The third kappa shape index (κ3) is 3.53. The molecule has 0 saturated heterocycles. The predicted octanol–water partition coefficient (Wildman–Crippen LogP) is 5.38. The number of rotatable bonds is 3. The summed E-state index contributed by atoms with van der Waals surface area (Å²) in [6.45, 7) is 15.6. The van der Waals surface area contributed by atoms with Crippen molar-refractivity contribution in [1.29, 1.82) is 0 Å². The third-order valence-electron chi connectivity index (χ3n) is 3.97. The molecule has 0 aliphatic rings. The first kappa shape index (κ1) is 17.0. The van der Waals surface area contributed by atoms with E-state index in [4.69, 9.17) is 4.74 Å². The molecule has 0 bridgehead atoms. The van der Waals surface area contributed by atoms with Crippen molar-refractivity contribution in [3.05, 3.63) is 64.2 Å². The highest BCUT2D eigenvalue weighted by atomic mass is 16.5. The maximum Gasteiger partial charge on any atom is 0.338 e. The summed E-state index contributed by atoms with van der Waals surface area (Å²) >= 11 is 0. The molecule has 0 N–H and O–H groups in total. The van der Waals surface area contributed by atoms with Crippen LogP contribution in [0.5, 0.6) is 5.75 Å². The van der Waals surface area contributed by atoms with Crippen molar-refractivity contribution < 1.29 is 9.53 Å². The van der Waals surface area contributed by atoms with Gasteiger partial charge in [0.05, 0.1) is 0 Å². The highest BCUT2D eigenvalue weighted by Crippen LogP contribution is 2.34. The first-order valence-electron chi connectivity index (χ1n) is 7.78. The molecule has 2 nitrogen and oxygen atoms in total. The molecular formula is C21H24O2. The first-order valence-corrected chi connectivity index (χ1v) is 7.78. The quantitative estimate of drug-likeness (QED) is 0.432. The van der Waals surface area contributed by atoms with Gasteiger partial charge in [-0.1, -0.05) is 24.3 Å². The number of hydrogen-bond acceptors (Lipinski definition) is 2. The van der Waals surface area contributed by atoms with Crippen molar-refractivity contribution >= 4 is 5.97 Å². The van der Waals surface area contributed by atoms with Crippen LogP contribution in [0.15, 0.2) is 36.4 Å². The lowest BCUT2D eigenvalue weighted by Gasteiger charge is -2.16. The summed E-state index contributed by atoms with van der Waals surface area (Å²) in [6, 6.07) is 8.56. The lowest BCUT2D eigenvalue weighted by atomic mass is 9.91. The van der Waals surface area contributed by atoms with Gasteiger partial charge in [-0.3, -0.25) is 0 Å². The highest BCUT2D eigenvalue weighted by molar-refractivity contribution is 5.89. The average molecular weight is 308 g/mol. The maximum atomic E-state index is 11.8. The highest BCUT2D eigenvalue weighted by Gasteiger charge is 2.14. The lowest BCUT2D eigenvalue weighted by molar-refractivity contribution is -0.130. The summed E-state index contributed by atoms with van der Waals surface area (Å²) in [5, 5.41) is 0. The van der Waals surface area contributed by atoms with E-state index in [0.29, 0.717) is 11.3 Å². The monoisotopic (exact) mass is 308 g/mol. The van der Waals surface area contributed by atoms with Crippen LogP contribution in [0.25, 0.3) is 11.1 Å². The zero-order valence-corrected chi connectivity index (χ0v) is 14.8. The van der Waals surface area contributed by atoms with Gasteiger partial charge in [-0.15, -0.1) is 0 Å². The number of carbonyl (C=O) groups is 1.